The number of amides is 2. The highest BCUT2D eigenvalue weighted by atomic mass is 16.5. The van der Waals surface area contributed by atoms with Crippen LogP contribution in [-0.4, -0.2) is 44.0 Å². The summed E-state index contributed by atoms with van der Waals surface area (Å²) in [5.74, 6) is 0.967. The number of ether oxygens (including phenoxy) is 2. The fourth-order valence-corrected chi connectivity index (χ4v) is 1.98. The van der Waals surface area contributed by atoms with Crippen LogP contribution < -0.4 is 14.8 Å². The number of nitrogens with zero attached hydrogens (tertiary/aromatic N) is 1. The van der Waals surface area contributed by atoms with Crippen LogP contribution in [0, 0.1) is 0 Å². The number of benzene rings is 2. The quantitative estimate of drug-likeness (QED) is 0.840. The van der Waals surface area contributed by atoms with E-state index in [2.05, 4.69) is 5.32 Å². The van der Waals surface area contributed by atoms with Gasteiger partial charge in [0.15, 0.2) is 6.61 Å². The van der Waals surface area contributed by atoms with Crippen molar-refractivity contribution in [3.63, 3.8) is 0 Å². The molecular formula is C19H22N2O4. The van der Waals surface area contributed by atoms with E-state index in [1.54, 1.807) is 62.6 Å². The number of anilines is 1. The molecule has 132 valence electrons. The Morgan fingerprint density at radius 3 is 2.04 bits per heavy atom. The number of carbonyl (C=O) groups excluding carboxylic acids is 2. The van der Waals surface area contributed by atoms with E-state index in [-0.39, 0.29) is 18.4 Å². The largest absolute Gasteiger partial charge is 0.494 e. The first-order valence-electron chi connectivity index (χ1n) is 7.97. The summed E-state index contributed by atoms with van der Waals surface area (Å²) in [5.41, 5.74) is 1.19. The van der Waals surface area contributed by atoms with Crippen molar-refractivity contribution < 1.29 is 19.1 Å². The molecule has 0 aliphatic heterocycles. The van der Waals surface area contributed by atoms with E-state index in [0.29, 0.717) is 23.6 Å². The monoisotopic (exact) mass is 342 g/mol. The van der Waals surface area contributed by atoms with Crippen molar-refractivity contribution in [2.75, 3.05) is 32.6 Å². The highest BCUT2D eigenvalue weighted by Crippen LogP contribution is 2.18. The third-order valence-electron chi connectivity index (χ3n) is 3.40. The summed E-state index contributed by atoms with van der Waals surface area (Å²) < 4.78 is 10.7. The molecule has 0 atom stereocenters. The topological polar surface area (TPSA) is 67.9 Å². The van der Waals surface area contributed by atoms with E-state index in [1.807, 2.05) is 6.92 Å². The van der Waals surface area contributed by atoms with Crippen LogP contribution >= 0.6 is 0 Å². The number of carbonyl (C=O) groups is 2. The van der Waals surface area contributed by atoms with Gasteiger partial charge in [-0.1, -0.05) is 0 Å². The van der Waals surface area contributed by atoms with Crippen LogP contribution in [0.4, 0.5) is 5.69 Å². The zero-order chi connectivity index (χ0) is 18.2. The lowest BCUT2D eigenvalue weighted by Crippen LogP contribution is -2.27. The first-order valence-corrected chi connectivity index (χ1v) is 7.97. The van der Waals surface area contributed by atoms with Crippen molar-refractivity contribution in [2.45, 2.75) is 6.92 Å². The third-order valence-corrected chi connectivity index (χ3v) is 3.40. The van der Waals surface area contributed by atoms with Crippen molar-refractivity contribution in [3.05, 3.63) is 54.1 Å². The number of hydrogen-bond donors (Lipinski definition) is 1. The Hall–Kier alpha value is -3.02. The lowest BCUT2D eigenvalue weighted by molar-refractivity contribution is -0.130. The summed E-state index contributed by atoms with van der Waals surface area (Å²) in [6, 6.07) is 13.8. The SMILES string of the molecule is CCOc1ccc(C(=O)Nc2ccc(OCC(=O)N(C)C)cc2)cc1. The van der Waals surface area contributed by atoms with Gasteiger partial charge in [-0.3, -0.25) is 9.59 Å². The van der Waals surface area contributed by atoms with Gasteiger partial charge in [-0.2, -0.15) is 0 Å². The maximum Gasteiger partial charge on any atom is 0.259 e. The number of hydrogen-bond acceptors (Lipinski definition) is 4. The number of nitrogens with one attached hydrogen (secondary N) is 1. The second kappa shape index (κ2) is 8.73. The van der Waals surface area contributed by atoms with Gasteiger partial charge in [0.25, 0.3) is 11.8 Å². The van der Waals surface area contributed by atoms with Gasteiger partial charge in [-0.05, 0) is 55.5 Å². The Morgan fingerprint density at radius 1 is 0.920 bits per heavy atom. The van der Waals surface area contributed by atoms with Crippen molar-refractivity contribution in [3.8, 4) is 11.5 Å². The van der Waals surface area contributed by atoms with Gasteiger partial charge >= 0.3 is 0 Å². The van der Waals surface area contributed by atoms with Crippen molar-refractivity contribution in [2.24, 2.45) is 0 Å². The van der Waals surface area contributed by atoms with Gasteiger partial charge < -0.3 is 19.7 Å². The molecule has 0 aliphatic rings. The summed E-state index contributed by atoms with van der Waals surface area (Å²) in [5, 5.41) is 2.81. The van der Waals surface area contributed by atoms with E-state index in [9.17, 15) is 9.59 Å². The Morgan fingerprint density at radius 2 is 1.48 bits per heavy atom. The Kier molecular flexibility index (Phi) is 6.39. The van der Waals surface area contributed by atoms with Crippen molar-refractivity contribution >= 4 is 17.5 Å². The minimum absolute atomic E-state index is 0.0229. The van der Waals surface area contributed by atoms with Crippen LogP contribution in [0.2, 0.25) is 0 Å². The average molecular weight is 342 g/mol. The van der Waals surface area contributed by atoms with Gasteiger partial charge in [-0.15, -0.1) is 0 Å². The molecule has 6 nitrogen and oxygen atoms in total. The fraction of sp³-hybridized carbons (Fsp3) is 0.263. The highest BCUT2D eigenvalue weighted by molar-refractivity contribution is 6.04. The Labute approximate surface area is 147 Å². The molecule has 0 fully saturated rings. The van der Waals surface area contributed by atoms with E-state index >= 15 is 0 Å². The molecule has 0 radical (unpaired) electrons. The maximum atomic E-state index is 12.2. The molecule has 2 rings (SSSR count). The highest BCUT2D eigenvalue weighted by Gasteiger charge is 2.08. The molecule has 1 N–H and O–H groups in total. The lowest BCUT2D eigenvalue weighted by Gasteiger charge is -2.12. The van der Waals surface area contributed by atoms with Crippen LogP contribution in [0.5, 0.6) is 11.5 Å². The van der Waals surface area contributed by atoms with Gasteiger partial charge in [0, 0.05) is 25.3 Å². The molecule has 2 aromatic carbocycles. The molecule has 0 saturated heterocycles. The van der Waals surface area contributed by atoms with Crippen LogP contribution in [0.25, 0.3) is 0 Å². The van der Waals surface area contributed by atoms with Crippen LogP contribution in [0.1, 0.15) is 17.3 Å². The third kappa shape index (κ3) is 5.53. The molecule has 0 bridgehead atoms. The van der Waals surface area contributed by atoms with Crippen molar-refractivity contribution in [1.29, 1.82) is 0 Å². The predicted molar refractivity (Wildman–Crippen MR) is 96.2 cm³/mol. The second-order valence-electron chi connectivity index (χ2n) is 5.51. The molecular weight excluding hydrogens is 320 g/mol. The first kappa shape index (κ1) is 18.3. The molecule has 0 heterocycles. The summed E-state index contributed by atoms with van der Waals surface area (Å²) in [6.07, 6.45) is 0. The van der Waals surface area contributed by atoms with Crippen LogP contribution in [0.15, 0.2) is 48.5 Å². The molecule has 0 aliphatic carbocycles. The van der Waals surface area contributed by atoms with Crippen LogP contribution in [-0.2, 0) is 4.79 Å². The molecule has 0 unspecified atom stereocenters. The maximum absolute atomic E-state index is 12.2. The van der Waals surface area contributed by atoms with Gasteiger partial charge in [0.2, 0.25) is 0 Å². The predicted octanol–water partition coefficient (Wildman–Crippen LogP) is 2.80. The number of rotatable bonds is 7. The zero-order valence-electron chi connectivity index (χ0n) is 14.6. The van der Waals surface area contributed by atoms with E-state index < -0.39 is 0 Å². The Bertz CT molecular complexity index is 709. The molecule has 0 spiro atoms. The summed E-state index contributed by atoms with van der Waals surface area (Å²) in [4.78, 5) is 25.2. The summed E-state index contributed by atoms with van der Waals surface area (Å²) in [6.45, 7) is 2.47. The second-order valence-corrected chi connectivity index (χ2v) is 5.51. The summed E-state index contributed by atoms with van der Waals surface area (Å²) in [7, 11) is 3.34. The standard InChI is InChI=1S/C19H22N2O4/c1-4-24-16-9-5-14(6-10-16)19(23)20-15-7-11-17(12-8-15)25-13-18(22)21(2)3/h5-12H,4,13H2,1-3H3,(H,20,23). The number of likely N-dealkylation sites (N-methyl/N-ethyl adjacent to an activating group) is 1. The smallest absolute Gasteiger partial charge is 0.259 e. The average Bonchev–Trinajstić information content (AvgIpc) is 2.61. The van der Waals surface area contributed by atoms with Gasteiger partial charge in [-0.25, -0.2) is 0 Å². The molecule has 2 amide bonds. The normalized spacial score (nSPS) is 10.0. The fourth-order valence-electron chi connectivity index (χ4n) is 1.98. The molecule has 2 aromatic rings. The molecule has 6 heteroatoms. The molecule has 0 saturated carbocycles. The van der Waals surface area contributed by atoms with Gasteiger partial charge in [0.1, 0.15) is 11.5 Å². The molecule has 25 heavy (non-hydrogen) atoms. The zero-order valence-corrected chi connectivity index (χ0v) is 14.6. The van der Waals surface area contributed by atoms with Crippen LogP contribution in [0.3, 0.4) is 0 Å². The van der Waals surface area contributed by atoms with Gasteiger partial charge in [0.05, 0.1) is 6.61 Å². The minimum Gasteiger partial charge on any atom is -0.494 e. The Balaban J connectivity index is 1.91. The minimum atomic E-state index is -0.209. The van der Waals surface area contributed by atoms with E-state index in [1.165, 1.54) is 4.90 Å². The van der Waals surface area contributed by atoms with E-state index in [4.69, 9.17) is 9.47 Å². The van der Waals surface area contributed by atoms with Crippen molar-refractivity contribution in [1.82, 2.24) is 4.90 Å². The molecule has 0 aromatic heterocycles. The first-order chi connectivity index (χ1) is 12.0. The lowest BCUT2D eigenvalue weighted by atomic mass is 10.2. The van der Waals surface area contributed by atoms with E-state index in [0.717, 1.165) is 5.75 Å². The summed E-state index contributed by atoms with van der Waals surface area (Å²) >= 11 is 0.